The zero-order valence-corrected chi connectivity index (χ0v) is 16.3. The first-order valence-corrected chi connectivity index (χ1v) is 9.87. The van der Waals surface area contributed by atoms with E-state index in [-0.39, 0.29) is 0 Å². The molecule has 1 saturated heterocycles. The van der Waals surface area contributed by atoms with Crippen LogP contribution in [0.5, 0.6) is 0 Å². The van der Waals surface area contributed by atoms with Crippen LogP contribution >= 0.6 is 0 Å². The van der Waals surface area contributed by atoms with Gasteiger partial charge in [-0.25, -0.2) is 0 Å². The summed E-state index contributed by atoms with van der Waals surface area (Å²) < 4.78 is 2.16. The van der Waals surface area contributed by atoms with Gasteiger partial charge in [-0.15, -0.1) is 0 Å². The molecule has 6 nitrogen and oxygen atoms in total. The second-order valence-corrected chi connectivity index (χ2v) is 6.95. The van der Waals surface area contributed by atoms with Gasteiger partial charge in [-0.05, 0) is 17.7 Å². The highest BCUT2D eigenvalue weighted by Crippen LogP contribution is 2.07. The lowest BCUT2D eigenvalue weighted by Crippen LogP contribution is -2.49. The van der Waals surface area contributed by atoms with E-state index in [2.05, 4.69) is 72.7 Å². The van der Waals surface area contributed by atoms with Gasteiger partial charge in [-0.1, -0.05) is 30.3 Å². The van der Waals surface area contributed by atoms with Crippen molar-refractivity contribution >= 4 is 5.96 Å². The van der Waals surface area contributed by atoms with Gasteiger partial charge in [-0.2, -0.15) is 0 Å². The van der Waals surface area contributed by atoms with Crippen molar-refractivity contribution in [2.45, 2.75) is 13.1 Å². The van der Waals surface area contributed by atoms with Crippen LogP contribution in [0, 0.1) is 0 Å². The molecule has 27 heavy (non-hydrogen) atoms. The number of rotatable bonds is 8. The number of benzene rings is 1. The van der Waals surface area contributed by atoms with Crippen LogP contribution < -0.4 is 10.6 Å². The van der Waals surface area contributed by atoms with Crippen molar-refractivity contribution in [2.24, 2.45) is 4.99 Å². The Hall–Kier alpha value is -2.31. The molecule has 0 spiro atoms. The first-order valence-electron chi connectivity index (χ1n) is 9.87. The third-order valence-corrected chi connectivity index (χ3v) is 4.99. The molecule has 2 heterocycles. The first kappa shape index (κ1) is 19.5. The Morgan fingerprint density at radius 1 is 0.852 bits per heavy atom. The molecule has 1 aliphatic heterocycles. The Morgan fingerprint density at radius 2 is 1.48 bits per heavy atom. The van der Waals surface area contributed by atoms with E-state index < -0.39 is 0 Å². The van der Waals surface area contributed by atoms with Crippen LogP contribution in [0.25, 0.3) is 0 Å². The highest BCUT2D eigenvalue weighted by atomic mass is 15.3. The Morgan fingerprint density at radius 3 is 2.15 bits per heavy atom. The Kier molecular flexibility index (Phi) is 7.74. The summed E-state index contributed by atoms with van der Waals surface area (Å²) in [5.74, 6) is 0.880. The van der Waals surface area contributed by atoms with E-state index in [0.29, 0.717) is 0 Å². The maximum absolute atomic E-state index is 4.31. The van der Waals surface area contributed by atoms with Crippen molar-refractivity contribution in [2.75, 3.05) is 52.9 Å². The number of guanidine groups is 1. The minimum absolute atomic E-state index is 0.868. The summed E-state index contributed by atoms with van der Waals surface area (Å²) in [7, 11) is 1.83. The predicted octanol–water partition coefficient (Wildman–Crippen LogP) is 1.47. The van der Waals surface area contributed by atoms with Crippen molar-refractivity contribution in [1.29, 1.82) is 0 Å². The highest BCUT2D eigenvalue weighted by molar-refractivity contribution is 5.79. The smallest absolute Gasteiger partial charge is 0.191 e. The van der Waals surface area contributed by atoms with Gasteiger partial charge in [0.25, 0.3) is 0 Å². The molecule has 0 atom stereocenters. The summed E-state index contributed by atoms with van der Waals surface area (Å²) in [5, 5.41) is 6.79. The summed E-state index contributed by atoms with van der Waals surface area (Å²) in [6.07, 6.45) is 4.16. The number of aromatic nitrogens is 1. The zero-order chi connectivity index (χ0) is 18.7. The van der Waals surface area contributed by atoms with Crippen LogP contribution in [0.4, 0.5) is 0 Å². The third kappa shape index (κ3) is 6.73. The van der Waals surface area contributed by atoms with Crippen LogP contribution in [0.1, 0.15) is 5.56 Å². The van der Waals surface area contributed by atoms with E-state index in [1.54, 1.807) is 0 Å². The van der Waals surface area contributed by atoms with Crippen LogP contribution in [-0.4, -0.2) is 73.2 Å². The van der Waals surface area contributed by atoms with Crippen LogP contribution in [0.3, 0.4) is 0 Å². The topological polar surface area (TPSA) is 47.8 Å². The molecule has 0 radical (unpaired) electrons. The number of hydrogen-bond acceptors (Lipinski definition) is 3. The van der Waals surface area contributed by atoms with Crippen molar-refractivity contribution in [3.8, 4) is 0 Å². The van der Waals surface area contributed by atoms with Gasteiger partial charge in [-0.3, -0.25) is 14.8 Å². The first-order chi connectivity index (χ1) is 13.3. The molecule has 0 bridgehead atoms. The van der Waals surface area contributed by atoms with Crippen molar-refractivity contribution < 1.29 is 0 Å². The summed E-state index contributed by atoms with van der Waals surface area (Å²) >= 11 is 0. The highest BCUT2D eigenvalue weighted by Gasteiger charge is 2.16. The second kappa shape index (κ2) is 10.7. The Bertz CT molecular complexity index is 659. The maximum Gasteiger partial charge on any atom is 0.191 e. The van der Waals surface area contributed by atoms with Gasteiger partial charge >= 0.3 is 0 Å². The van der Waals surface area contributed by atoms with Gasteiger partial charge in [0.15, 0.2) is 5.96 Å². The minimum atomic E-state index is 0.868. The van der Waals surface area contributed by atoms with Crippen LogP contribution in [-0.2, 0) is 13.1 Å². The molecule has 0 aliphatic carbocycles. The third-order valence-electron chi connectivity index (χ3n) is 4.99. The molecule has 3 rings (SSSR count). The lowest BCUT2D eigenvalue weighted by molar-refractivity contribution is 0.129. The molecule has 0 saturated carbocycles. The largest absolute Gasteiger partial charge is 0.355 e. The van der Waals surface area contributed by atoms with Gasteiger partial charge in [0.05, 0.1) is 0 Å². The maximum atomic E-state index is 4.31. The van der Waals surface area contributed by atoms with Crippen LogP contribution in [0.2, 0.25) is 0 Å². The van der Waals surface area contributed by atoms with E-state index in [9.17, 15) is 0 Å². The molecule has 0 amide bonds. The van der Waals surface area contributed by atoms with E-state index in [4.69, 9.17) is 0 Å². The average molecular weight is 369 g/mol. The molecule has 2 aromatic rings. The lowest BCUT2D eigenvalue weighted by Gasteiger charge is -2.34. The molecule has 2 N–H and O–H groups in total. The molecular weight excluding hydrogens is 336 g/mol. The Labute approximate surface area is 162 Å². The predicted molar refractivity (Wildman–Crippen MR) is 112 cm³/mol. The van der Waals surface area contributed by atoms with Crippen LogP contribution in [0.15, 0.2) is 59.9 Å². The molecular formula is C21H32N6. The molecule has 1 aromatic heterocycles. The van der Waals surface area contributed by atoms with E-state index in [1.165, 1.54) is 5.56 Å². The average Bonchev–Trinajstić information content (AvgIpc) is 3.22. The van der Waals surface area contributed by atoms with E-state index >= 15 is 0 Å². The SMILES string of the molecule is CN=C(NCCN1CCN(Cc2ccccc2)CC1)NCCn1cccc1. The fraction of sp³-hybridized carbons (Fsp3) is 0.476. The summed E-state index contributed by atoms with van der Waals surface area (Å²) in [5.41, 5.74) is 1.41. The standard InChI is InChI=1S/C21H32N6/c1-22-21(23-9-13-25-11-5-6-12-25)24-10-14-26-15-17-27(18-16-26)19-20-7-3-2-4-8-20/h2-8,11-12H,9-10,13-19H2,1H3,(H2,22,23,24). The van der Waals surface area contributed by atoms with Crippen molar-refractivity contribution in [1.82, 2.24) is 25.0 Å². The number of nitrogens with one attached hydrogen (secondary N) is 2. The number of hydrogen-bond donors (Lipinski definition) is 2. The summed E-state index contributed by atoms with van der Waals surface area (Å²) in [6.45, 7) is 9.38. The van der Waals surface area contributed by atoms with Crippen molar-refractivity contribution in [3.05, 3.63) is 60.4 Å². The fourth-order valence-corrected chi connectivity index (χ4v) is 3.39. The van der Waals surface area contributed by atoms with E-state index in [1.807, 2.05) is 19.2 Å². The summed E-state index contributed by atoms with van der Waals surface area (Å²) in [4.78, 5) is 9.38. The van der Waals surface area contributed by atoms with Gasteiger partial charge < -0.3 is 15.2 Å². The molecule has 6 heteroatoms. The van der Waals surface area contributed by atoms with Gasteiger partial charge in [0.2, 0.25) is 0 Å². The number of piperazine rings is 1. The normalized spacial score (nSPS) is 16.4. The molecule has 1 fully saturated rings. The number of aliphatic imine (C=N–C) groups is 1. The van der Waals surface area contributed by atoms with Crippen molar-refractivity contribution in [3.63, 3.8) is 0 Å². The monoisotopic (exact) mass is 368 g/mol. The van der Waals surface area contributed by atoms with E-state index in [0.717, 1.165) is 64.9 Å². The molecule has 146 valence electrons. The second-order valence-electron chi connectivity index (χ2n) is 6.95. The number of nitrogens with zero attached hydrogens (tertiary/aromatic N) is 4. The zero-order valence-electron chi connectivity index (χ0n) is 16.3. The van der Waals surface area contributed by atoms with Gasteiger partial charge in [0, 0.05) is 78.3 Å². The lowest BCUT2D eigenvalue weighted by atomic mass is 10.2. The molecule has 1 aliphatic rings. The summed E-state index contributed by atoms with van der Waals surface area (Å²) in [6, 6.07) is 14.8. The Balaban J connectivity index is 1.28. The quantitative estimate of drug-likeness (QED) is 0.547. The van der Waals surface area contributed by atoms with Gasteiger partial charge in [0.1, 0.15) is 0 Å². The molecule has 0 unspecified atom stereocenters. The fourth-order valence-electron chi connectivity index (χ4n) is 3.39. The molecule has 1 aromatic carbocycles. The minimum Gasteiger partial charge on any atom is -0.355 e.